The van der Waals surface area contributed by atoms with E-state index in [1.165, 1.54) is 4.31 Å². The number of aryl methyl sites for hydroxylation is 1. The lowest BCUT2D eigenvalue weighted by Gasteiger charge is -2.28. The minimum absolute atomic E-state index is 0.0335. The standard InChI is InChI=1S/C32H33ClN2O3S/c1-23(2)21-30(26-9-5-4-6-10-26)34-32(36)29-11-7-8-12-31(29)35(22-25-15-17-27(33)18-16-25)39(37,38)28-19-13-24(3)14-20-28/h4-20,23,30H,21-22H2,1-3H3,(H,34,36). The number of sulfonamides is 1. The third-order valence-electron chi connectivity index (χ3n) is 6.48. The van der Waals surface area contributed by atoms with Gasteiger partial charge in [0, 0.05) is 5.02 Å². The molecule has 4 aromatic carbocycles. The summed E-state index contributed by atoms with van der Waals surface area (Å²) >= 11 is 6.08. The summed E-state index contributed by atoms with van der Waals surface area (Å²) in [6.45, 7) is 6.16. The monoisotopic (exact) mass is 560 g/mol. The van der Waals surface area contributed by atoms with Gasteiger partial charge in [-0.15, -0.1) is 0 Å². The minimum Gasteiger partial charge on any atom is -0.345 e. The Kier molecular flexibility index (Phi) is 9.10. The van der Waals surface area contributed by atoms with Crippen LogP contribution in [0, 0.1) is 12.8 Å². The lowest BCUT2D eigenvalue weighted by atomic mass is 9.96. The molecule has 0 aliphatic rings. The lowest BCUT2D eigenvalue weighted by Crippen LogP contribution is -2.35. The summed E-state index contributed by atoms with van der Waals surface area (Å²) in [5.74, 6) is 0.00869. The molecule has 0 aromatic heterocycles. The van der Waals surface area contributed by atoms with Crippen molar-refractivity contribution in [2.45, 2.75) is 44.7 Å². The molecule has 0 radical (unpaired) electrons. The quantitative estimate of drug-likeness (QED) is 0.217. The fraction of sp³-hybridized carbons (Fsp3) is 0.219. The molecular formula is C32H33ClN2O3S. The van der Waals surface area contributed by atoms with Crippen molar-refractivity contribution in [3.05, 3.63) is 130 Å². The second-order valence-electron chi connectivity index (χ2n) is 10.0. The summed E-state index contributed by atoms with van der Waals surface area (Å²) in [6, 6.07) is 30.2. The van der Waals surface area contributed by atoms with Crippen molar-refractivity contribution in [2.75, 3.05) is 4.31 Å². The summed E-state index contributed by atoms with van der Waals surface area (Å²) in [7, 11) is -4.01. The number of hydrogen-bond acceptors (Lipinski definition) is 3. The van der Waals surface area contributed by atoms with Gasteiger partial charge in [0.25, 0.3) is 15.9 Å². The summed E-state index contributed by atoms with van der Waals surface area (Å²) in [4.78, 5) is 13.9. The Bertz CT molecular complexity index is 1500. The second-order valence-corrected chi connectivity index (χ2v) is 12.3. The van der Waals surface area contributed by atoms with Gasteiger partial charge in [-0.1, -0.05) is 97.7 Å². The van der Waals surface area contributed by atoms with E-state index in [1.807, 2.05) is 37.3 Å². The Balaban J connectivity index is 1.77. The van der Waals surface area contributed by atoms with Crippen LogP contribution in [-0.2, 0) is 16.6 Å². The van der Waals surface area contributed by atoms with E-state index in [0.29, 0.717) is 16.6 Å². The van der Waals surface area contributed by atoms with Crippen LogP contribution in [0.15, 0.2) is 108 Å². The largest absolute Gasteiger partial charge is 0.345 e. The van der Waals surface area contributed by atoms with Crippen molar-refractivity contribution in [3.8, 4) is 0 Å². The average Bonchev–Trinajstić information content (AvgIpc) is 2.92. The fourth-order valence-electron chi connectivity index (χ4n) is 4.45. The fourth-order valence-corrected chi connectivity index (χ4v) is 6.04. The molecule has 4 rings (SSSR count). The molecule has 0 bridgehead atoms. The van der Waals surface area contributed by atoms with Crippen LogP contribution in [0.5, 0.6) is 0 Å². The smallest absolute Gasteiger partial charge is 0.264 e. The molecule has 5 nitrogen and oxygen atoms in total. The average molecular weight is 561 g/mol. The summed E-state index contributed by atoms with van der Waals surface area (Å²) in [5, 5.41) is 3.73. The van der Waals surface area contributed by atoms with Gasteiger partial charge < -0.3 is 5.32 Å². The number of nitrogens with one attached hydrogen (secondary N) is 1. The van der Waals surface area contributed by atoms with E-state index < -0.39 is 10.0 Å². The lowest BCUT2D eigenvalue weighted by molar-refractivity contribution is 0.0932. The normalized spacial score (nSPS) is 12.2. The zero-order valence-corrected chi connectivity index (χ0v) is 23.9. The van der Waals surface area contributed by atoms with Crippen molar-refractivity contribution in [1.82, 2.24) is 5.32 Å². The van der Waals surface area contributed by atoms with Crippen LogP contribution in [0.2, 0.25) is 5.02 Å². The maximum absolute atomic E-state index is 14.0. The Morgan fingerprint density at radius 2 is 1.46 bits per heavy atom. The van der Waals surface area contributed by atoms with Crippen LogP contribution in [0.4, 0.5) is 5.69 Å². The molecule has 4 aromatic rings. The Hall–Kier alpha value is -3.61. The number of benzene rings is 4. The highest BCUT2D eigenvalue weighted by molar-refractivity contribution is 7.92. The van der Waals surface area contributed by atoms with Gasteiger partial charge in [0.05, 0.1) is 28.7 Å². The molecule has 1 N–H and O–H groups in total. The maximum atomic E-state index is 14.0. The van der Waals surface area contributed by atoms with Gasteiger partial charge >= 0.3 is 0 Å². The number of amides is 1. The zero-order valence-electron chi connectivity index (χ0n) is 22.3. The number of hydrogen-bond donors (Lipinski definition) is 1. The molecule has 39 heavy (non-hydrogen) atoms. The number of nitrogens with zero attached hydrogens (tertiary/aromatic N) is 1. The highest BCUT2D eigenvalue weighted by Gasteiger charge is 2.29. The number of rotatable bonds is 10. The van der Waals surface area contributed by atoms with E-state index in [4.69, 9.17) is 11.6 Å². The van der Waals surface area contributed by atoms with Crippen LogP contribution >= 0.6 is 11.6 Å². The molecule has 0 aliphatic carbocycles. The number of anilines is 1. The first-order valence-electron chi connectivity index (χ1n) is 12.9. The SMILES string of the molecule is Cc1ccc(S(=O)(=O)N(Cc2ccc(Cl)cc2)c2ccccc2C(=O)NC(CC(C)C)c2ccccc2)cc1. The molecule has 0 heterocycles. The first kappa shape index (κ1) is 28.4. The van der Waals surface area contributed by atoms with E-state index in [0.717, 1.165) is 23.1 Å². The van der Waals surface area contributed by atoms with Crippen LogP contribution in [0.1, 0.15) is 53.4 Å². The number of carbonyl (C=O) groups is 1. The third-order valence-corrected chi connectivity index (χ3v) is 8.51. The predicted octanol–water partition coefficient (Wildman–Crippen LogP) is 7.56. The van der Waals surface area contributed by atoms with Gasteiger partial charge in [-0.3, -0.25) is 9.10 Å². The predicted molar refractivity (Wildman–Crippen MR) is 159 cm³/mol. The highest BCUT2D eigenvalue weighted by atomic mass is 35.5. The summed E-state index contributed by atoms with van der Waals surface area (Å²) in [5.41, 5.74) is 3.29. The van der Waals surface area contributed by atoms with Gasteiger partial charge in [0.1, 0.15) is 0 Å². The van der Waals surface area contributed by atoms with Crippen molar-refractivity contribution >= 4 is 33.2 Å². The van der Waals surface area contributed by atoms with E-state index in [9.17, 15) is 13.2 Å². The van der Waals surface area contributed by atoms with Crippen LogP contribution in [-0.4, -0.2) is 14.3 Å². The van der Waals surface area contributed by atoms with Gasteiger partial charge in [0.2, 0.25) is 0 Å². The Morgan fingerprint density at radius 1 is 0.846 bits per heavy atom. The Morgan fingerprint density at radius 3 is 2.10 bits per heavy atom. The molecule has 7 heteroatoms. The zero-order chi connectivity index (χ0) is 28.0. The molecule has 0 spiro atoms. The molecule has 1 amide bonds. The van der Waals surface area contributed by atoms with Crippen LogP contribution in [0.25, 0.3) is 0 Å². The molecule has 202 valence electrons. The van der Waals surface area contributed by atoms with Gasteiger partial charge in [-0.05, 0) is 66.8 Å². The molecule has 0 fully saturated rings. The number of carbonyl (C=O) groups excluding carboxylic acids is 1. The first-order valence-corrected chi connectivity index (χ1v) is 14.8. The molecule has 0 aliphatic heterocycles. The van der Waals surface area contributed by atoms with E-state index in [-0.39, 0.29) is 29.0 Å². The summed E-state index contributed by atoms with van der Waals surface area (Å²) < 4.78 is 29.4. The Labute approximate surface area is 236 Å². The molecular weight excluding hydrogens is 528 g/mol. The highest BCUT2D eigenvalue weighted by Crippen LogP contribution is 2.31. The minimum atomic E-state index is -4.01. The topological polar surface area (TPSA) is 66.5 Å². The second kappa shape index (κ2) is 12.5. The van der Waals surface area contributed by atoms with Crippen molar-refractivity contribution in [3.63, 3.8) is 0 Å². The van der Waals surface area contributed by atoms with E-state index in [2.05, 4.69) is 19.2 Å². The molecule has 1 atom stereocenters. The molecule has 1 unspecified atom stereocenters. The van der Waals surface area contributed by atoms with E-state index >= 15 is 0 Å². The summed E-state index contributed by atoms with van der Waals surface area (Å²) in [6.07, 6.45) is 0.744. The molecule has 0 saturated heterocycles. The van der Waals surface area contributed by atoms with Crippen molar-refractivity contribution in [2.24, 2.45) is 5.92 Å². The van der Waals surface area contributed by atoms with Gasteiger partial charge in [-0.2, -0.15) is 0 Å². The van der Waals surface area contributed by atoms with E-state index in [1.54, 1.807) is 72.8 Å². The van der Waals surface area contributed by atoms with Crippen molar-refractivity contribution < 1.29 is 13.2 Å². The third kappa shape index (κ3) is 7.08. The number of para-hydroxylation sites is 1. The van der Waals surface area contributed by atoms with Crippen molar-refractivity contribution in [1.29, 1.82) is 0 Å². The first-order chi connectivity index (χ1) is 18.6. The van der Waals surface area contributed by atoms with Crippen LogP contribution < -0.4 is 9.62 Å². The number of halogens is 1. The maximum Gasteiger partial charge on any atom is 0.264 e. The molecule has 0 saturated carbocycles. The van der Waals surface area contributed by atoms with Gasteiger partial charge in [0.15, 0.2) is 0 Å². The van der Waals surface area contributed by atoms with Gasteiger partial charge in [-0.25, -0.2) is 8.42 Å². The van der Waals surface area contributed by atoms with Crippen LogP contribution in [0.3, 0.4) is 0 Å².